The molecule has 28 heavy (non-hydrogen) atoms. The van der Waals surface area contributed by atoms with Crippen molar-refractivity contribution in [1.29, 1.82) is 0 Å². The molecule has 1 amide bonds. The molecule has 0 saturated carbocycles. The number of benzene rings is 2. The van der Waals surface area contributed by atoms with E-state index in [-0.39, 0.29) is 5.91 Å². The summed E-state index contributed by atoms with van der Waals surface area (Å²) >= 11 is 1.46. The third kappa shape index (κ3) is 4.12. The van der Waals surface area contributed by atoms with E-state index in [2.05, 4.69) is 4.98 Å². The van der Waals surface area contributed by atoms with Crippen molar-refractivity contribution in [1.82, 2.24) is 14.5 Å². The van der Waals surface area contributed by atoms with E-state index in [1.54, 1.807) is 6.26 Å². The van der Waals surface area contributed by atoms with E-state index in [0.717, 1.165) is 27.5 Å². The fourth-order valence-corrected chi connectivity index (χ4v) is 3.99. The summed E-state index contributed by atoms with van der Waals surface area (Å²) in [6.07, 6.45) is 1.63. The van der Waals surface area contributed by atoms with Crippen LogP contribution in [0.1, 0.15) is 11.3 Å². The standard InChI is InChI=1S/C22H21N3O2S/c1-24-20-12-6-5-11-19(20)23-22(24)28-16-21(26)25(15-18-10-7-13-27-18)14-17-8-3-2-4-9-17/h2-13H,14-16H2,1H3. The highest BCUT2D eigenvalue weighted by Gasteiger charge is 2.18. The molecule has 0 unspecified atom stereocenters. The van der Waals surface area contributed by atoms with Gasteiger partial charge in [0.2, 0.25) is 5.91 Å². The minimum atomic E-state index is 0.0531. The molecule has 4 aromatic rings. The number of hydrogen-bond donors (Lipinski definition) is 0. The van der Waals surface area contributed by atoms with Gasteiger partial charge in [0.1, 0.15) is 5.76 Å². The van der Waals surface area contributed by atoms with Gasteiger partial charge in [0.15, 0.2) is 5.16 Å². The maximum absolute atomic E-state index is 13.0. The van der Waals surface area contributed by atoms with Crippen molar-refractivity contribution in [2.45, 2.75) is 18.2 Å². The summed E-state index contributed by atoms with van der Waals surface area (Å²) in [5, 5.41) is 0.840. The van der Waals surface area contributed by atoms with Crippen LogP contribution in [-0.4, -0.2) is 26.1 Å². The molecule has 0 fully saturated rings. The quantitative estimate of drug-likeness (QED) is 0.436. The van der Waals surface area contributed by atoms with E-state index in [9.17, 15) is 4.79 Å². The third-order valence-corrected chi connectivity index (χ3v) is 5.58. The highest BCUT2D eigenvalue weighted by molar-refractivity contribution is 7.99. The molecular formula is C22H21N3O2S. The van der Waals surface area contributed by atoms with Gasteiger partial charge in [-0.15, -0.1) is 0 Å². The number of carbonyl (C=O) groups excluding carboxylic acids is 1. The van der Waals surface area contributed by atoms with Gasteiger partial charge < -0.3 is 13.9 Å². The molecule has 0 aliphatic heterocycles. The molecule has 0 aliphatic rings. The zero-order valence-corrected chi connectivity index (χ0v) is 16.4. The van der Waals surface area contributed by atoms with Crippen molar-refractivity contribution in [3.8, 4) is 0 Å². The van der Waals surface area contributed by atoms with Crippen molar-refractivity contribution < 1.29 is 9.21 Å². The predicted octanol–water partition coefficient (Wildman–Crippen LogP) is 4.49. The highest BCUT2D eigenvalue weighted by atomic mass is 32.2. The molecule has 142 valence electrons. The van der Waals surface area contributed by atoms with Gasteiger partial charge in [-0.2, -0.15) is 0 Å². The van der Waals surface area contributed by atoms with E-state index < -0.39 is 0 Å². The number of rotatable bonds is 7. The van der Waals surface area contributed by atoms with Crippen LogP contribution in [-0.2, 0) is 24.9 Å². The average molecular weight is 391 g/mol. The molecule has 2 heterocycles. The first-order chi connectivity index (χ1) is 13.7. The molecule has 4 rings (SSSR count). The number of fused-ring (bicyclic) bond motifs is 1. The lowest BCUT2D eigenvalue weighted by molar-refractivity contribution is -0.129. The first kappa shape index (κ1) is 18.4. The van der Waals surface area contributed by atoms with Crippen LogP contribution in [0.25, 0.3) is 11.0 Å². The van der Waals surface area contributed by atoms with Crippen molar-refractivity contribution >= 4 is 28.7 Å². The molecule has 0 bridgehead atoms. The number of imidazole rings is 1. The van der Waals surface area contributed by atoms with Crippen molar-refractivity contribution in [2.75, 3.05) is 5.75 Å². The second-order valence-electron chi connectivity index (χ2n) is 6.55. The van der Waals surface area contributed by atoms with Crippen LogP contribution in [0.15, 0.2) is 82.6 Å². The Morgan fingerprint density at radius 2 is 1.82 bits per heavy atom. The Hall–Kier alpha value is -2.99. The van der Waals surface area contributed by atoms with Gasteiger partial charge >= 0.3 is 0 Å². The monoisotopic (exact) mass is 391 g/mol. The van der Waals surface area contributed by atoms with E-state index in [1.807, 2.05) is 83.2 Å². The molecule has 0 N–H and O–H groups in total. The zero-order chi connectivity index (χ0) is 19.3. The Morgan fingerprint density at radius 1 is 1.04 bits per heavy atom. The average Bonchev–Trinajstić information content (AvgIpc) is 3.35. The summed E-state index contributed by atoms with van der Waals surface area (Å²) in [4.78, 5) is 19.5. The molecule has 2 aromatic heterocycles. The maximum Gasteiger partial charge on any atom is 0.233 e. The van der Waals surface area contributed by atoms with Gasteiger partial charge in [-0.3, -0.25) is 4.79 Å². The Bertz CT molecular complexity index is 1060. The number of thioether (sulfide) groups is 1. The van der Waals surface area contributed by atoms with Crippen molar-refractivity contribution in [3.05, 3.63) is 84.3 Å². The second kappa shape index (κ2) is 8.35. The Balaban J connectivity index is 1.48. The highest BCUT2D eigenvalue weighted by Crippen LogP contribution is 2.23. The molecular weight excluding hydrogens is 370 g/mol. The Kier molecular flexibility index (Phi) is 5.48. The smallest absolute Gasteiger partial charge is 0.233 e. The molecule has 6 heteroatoms. The SMILES string of the molecule is Cn1c(SCC(=O)N(Cc2ccccc2)Cc2ccco2)nc2ccccc21. The van der Waals surface area contributed by atoms with E-state index in [1.165, 1.54) is 11.8 Å². The molecule has 2 aromatic carbocycles. The van der Waals surface area contributed by atoms with Crippen LogP contribution in [0.5, 0.6) is 0 Å². The normalized spacial score (nSPS) is 11.0. The van der Waals surface area contributed by atoms with Crippen molar-refractivity contribution in [3.63, 3.8) is 0 Å². The van der Waals surface area contributed by atoms with Gasteiger partial charge in [0.05, 0.1) is 29.6 Å². The lowest BCUT2D eigenvalue weighted by Gasteiger charge is -2.21. The molecule has 0 spiro atoms. The lowest BCUT2D eigenvalue weighted by Crippen LogP contribution is -2.31. The van der Waals surface area contributed by atoms with Crippen LogP contribution in [0.2, 0.25) is 0 Å². The number of aromatic nitrogens is 2. The predicted molar refractivity (Wildman–Crippen MR) is 111 cm³/mol. The summed E-state index contributed by atoms with van der Waals surface area (Å²) in [5.41, 5.74) is 3.10. The van der Waals surface area contributed by atoms with Crippen LogP contribution < -0.4 is 0 Å². The summed E-state index contributed by atoms with van der Waals surface area (Å²) in [6, 6.07) is 21.7. The van der Waals surface area contributed by atoms with E-state index in [4.69, 9.17) is 4.42 Å². The van der Waals surface area contributed by atoms with Gasteiger partial charge in [-0.25, -0.2) is 4.98 Å². The number of hydrogen-bond acceptors (Lipinski definition) is 4. The number of nitrogens with zero attached hydrogens (tertiary/aromatic N) is 3. The number of aryl methyl sites for hydroxylation is 1. The lowest BCUT2D eigenvalue weighted by atomic mass is 10.2. The Morgan fingerprint density at radius 3 is 2.57 bits per heavy atom. The van der Waals surface area contributed by atoms with Gasteiger partial charge in [0, 0.05) is 13.6 Å². The van der Waals surface area contributed by atoms with E-state index >= 15 is 0 Å². The van der Waals surface area contributed by atoms with E-state index in [0.29, 0.717) is 18.8 Å². The molecule has 0 radical (unpaired) electrons. The molecule has 0 aliphatic carbocycles. The largest absolute Gasteiger partial charge is 0.467 e. The minimum Gasteiger partial charge on any atom is -0.467 e. The number of amides is 1. The fraction of sp³-hybridized carbons (Fsp3) is 0.182. The van der Waals surface area contributed by atoms with Crippen LogP contribution in [0, 0.1) is 0 Å². The molecule has 0 atom stereocenters. The summed E-state index contributed by atoms with van der Waals surface area (Å²) in [5.74, 6) is 1.15. The van der Waals surface area contributed by atoms with Crippen molar-refractivity contribution in [2.24, 2.45) is 7.05 Å². The first-order valence-corrected chi connectivity index (χ1v) is 10.1. The van der Waals surface area contributed by atoms with Gasteiger partial charge in [-0.1, -0.05) is 54.2 Å². The first-order valence-electron chi connectivity index (χ1n) is 9.09. The Labute approximate surface area is 168 Å². The molecule has 0 saturated heterocycles. The number of furan rings is 1. The summed E-state index contributed by atoms with van der Waals surface area (Å²) in [7, 11) is 1.98. The summed E-state index contributed by atoms with van der Waals surface area (Å²) < 4.78 is 7.49. The number of carbonyl (C=O) groups is 1. The van der Waals surface area contributed by atoms with Gasteiger partial charge in [-0.05, 0) is 29.8 Å². The van der Waals surface area contributed by atoms with Crippen LogP contribution in [0.4, 0.5) is 0 Å². The third-order valence-electron chi connectivity index (χ3n) is 4.57. The van der Waals surface area contributed by atoms with Gasteiger partial charge in [0.25, 0.3) is 0 Å². The topological polar surface area (TPSA) is 51.3 Å². The number of para-hydroxylation sites is 2. The second-order valence-corrected chi connectivity index (χ2v) is 7.49. The molecule has 5 nitrogen and oxygen atoms in total. The maximum atomic E-state index is 13.0. The summed E-state index contributed by atoms with van der Waals surface area (Å²) in [6.45, 7) is 0.993. The fourth-order valence-electron chi connectivity index (χ4n) is 3.10. The van der Waals surface area contributed by atoms with Crippen LogP contribution in [0.3, 0.4) is 0 Å². The van der Waals surface area contributed by atoms with Crippen LogP contribution >= 0.6 is 11.8 Å². The zero-order valence-electron chi connectivity index (χ0n) is 15.6. The minimum absolute atomic E-state index is 0.0531.